The maximum Gasteiger partial charge on any atom is 0.119 e. The molecule has 1 atom stereocenters. The van der Waals surface area contributed by atoms with Gasteiger partial charge in [0.25, 0.3) is 0 Å². The van der Waals surface area contributed by atoms with Gasteiger partial charge in [-0.15, -0.1) is 0 Å². The highest BCUT2D eigenvalue weighted by Crippen LogP contribution is 2.27. The molecule has 0 heterocycles. The Morgan fingerprint density at radius 3 is 2.93 bits per heavy atom. The number of ether oxygens (including phenoxy) is 1. The fraction of sp³-hybridized carbons (Fsp3) is 0.500. The first-order valence-corrected chi connectivity index (χ1v) is 5.25. The summed E-state index contributed by atoms with van der Waals surface area (Å²) in [6, 6.07) is 8.47. The topological polar surface area (TPSA) is 35.2 Å². The lowest BCUT2D eigenvalue weighted by molar-refractivity contribution is 0.303. The summed E-state index contributed by atoms with van der Waals surface area (Å²) in [7, 11) is 0. The van der Waals surface area contributed by atoms with E-state index in [4.69, 9.17) is 10.5 Å². The molecule has 14 heavy (non-hydrogen) atoms. The molecule has 1 unspecified atom stereocenters. The zero-order chi connectivity index (χ0) is 9.97. The van der Waals surface area contributed by atoms with Gasteiger partial charge in [-0.1, -0.05) is 12.1 Å². The first-order valence-electron chi connectivity index (χ1n) is 5.25. The number of nitrogens with two attached hydrogens (primary N) is 1. The largest absolute Gasteiger partial charge is 0.490 e. The molecule has 1 aromatic rings. The monoisotopic (exact) mass is 191 g/mol. The van der Waals surface area contributed by atoms with Gasteiger partial charge in [-0.3, -0.25) is 0 Å². The van der Waals surface area contributed by atoms with Crippen LogP contribution in [0.3, 0.4) is 0 Å². The summed E-state index contributed by atoms with van der Waals surface area (Å²) < 4.78 is 5.71. The van der Waals surface area contributed by atoms with Crippen molar-refractivity contribution in [3.05, 3.63) is 29.8 Å². The molecule has 2 rings (SSSR count). The van der Waals surface area contributed by atoms with Gasteiger partial charge in [0, 0.05) is 6.04 Å². The summed E-state index contributed by atoms with van der Waals surface area (Å²) in [6.45, 7) is 2.02. The summed E-state index contributed by atoms with van der Waals surface area (Å²) in [5.41, 5.74) is 7.01. The lowest BCUT2D eigenvalue weighted by Crippen LogP contribution is -2.17. The molecule has 2 N–H and O–H groups in total. The van der Waals surface area contributed by atoms with E-state index in [0.29, 0.717) is 6.10 Å². The summed E-state index contributed by atoms with van der Waals surface area (Å²) in [5, 5.41) is 0. The Kier molecular flexibility index (Phi) is 2.73. The minimum Gasteiger partial charge on any atom is -0.490 e. The summed E-state index contributed by atoms with van der Waals surface area (Å²) in [6.07, 6.45) is 3.80. The average Bonchev–Trinajstić information content (AvgIpc) is 2.87. The van der Waals surface area contributed by atoms with E-state index in [1.54, 1.807) is 0 Å². The van der Waals surface area contributed by atoms with Crippen molar-refractivity contribution >= 4 is 0 Å². The van der Waals surface area contributed by atoms with Crippen molar-refractivity contribution in [3.8, 4) is 5.75 Å². The third-order valence-corrected chi connectivity index (χ3v) is 2.28. The first-order chi connectivity index (χ1) is 6.74. The van der Waals surface area contributed by atoms with Crippen LogP contribution in [0.2, 0.25) is 0 Å². The van der Waals surface area contributed by atoms with Crippen LogP contribution in [0.25, 0.3) is 0 Å². The van der Waals surface area contributed by atoms with Crippen molar-refractivity contribution in [3.63, 3.8) is 0 Å². The van der Waals surface area contributed by atoms with Gasteiger partial charge in [-0.25, -0.2) is 0 Å². The standard InChI is InChI=1S/C12H17NO/c1-9(13)7-10-3-2-4-12(8-10)14-11-5-6-11/h2-4,8-9,11H,5-7,13H2,1H3. The number of hydrogen-bond donors (Lipinski definition) is 1. The lowest BCUT2D eigenvalue weighted by atomic mass is 10.1. The van der Waals surface area contributed by atoms with E-state index < -0.39 is 0 Å². The second kappa shape index (κ2) is 4.01. The van der Waals surface area contributed by atoms with Crippen LogP contribution < -0.4 is 10.5 Å². The quantitative estimate of drug-likeness (QED) is 0.791. The molecule has 0 bridgehead atoms. The van der Waals surface area contributed by atoms with Crippen molar-refractivity contribution in [2.75, 3.05) is 0 Å². The Morgan fingerprint density at radius 1 is 1.50 bits per heavy atom. The van der Waals surface area contributed by atoms with E-state index in [1.807, 2.05) is 19.1 Å². The maximum absolute atomic E-state index is 5.75. The summed E-state index contributed by atoms with van der Waals surface area (Å²) in [5.74, 6) is 0.991. The third kappa shape index (κ3) is 2.74. The molecule has 1 aliphatic rings. The minimum absolute atomic E-state index is 0.214. The molecule has 0 radical (unpaired) electrons. The number of rotatable bonds is 4. The lowest BCUT2D eigenvalue weighted by Gasteiger charge is -2.08. The first kappa shape index (κ1) is 9.53. The van der Waals surface area contributed by atoms with Crippen molar-refractivity contribution in [2.45, 2.75) is 38.3 Å². The van der Waals surface area contributed by atoms with Gasteiger partial charge in [0.1, 0.15) is 5.75 Å². The van der Waals surface area contributed by atoms with E-state index in [-0.39, 0.29) is 6.04 Å². The van der Waals surface area contributed by atoms with Crippen LogP contribution >= 0.6 is 0 Å². The van der Waals surface area contributed by atoms with Gasteiger partial charge in [-0.05, 0) is 43.9 Å². The zero-order valence-electron chi connectivity index (χ0n) is 8.57. The third-order valence-electron chi connectivity index (χ3n) is 2.28. The van der Waals surface area contributed by atoms with E-state index in [2.05, 4.69) is 12.1 Å². The summed E-state index contributed by atoms with van der Waals surface area (Å²) >= 11 is 0. The molecule has 0 saturated heterocycles. The van der Waals surface area contributed by atoms with E-state index in [9.17, 15) is 0 Å². The fourth-order valence-corrected chi connectivity index (χ4v) is 1.50. The zero-order valence-corrected chi connectivity index (χ0v) is 8.57. The summed E-state index contributed by atoms with van der Waals surface area (Å²) in [4.78, 5) is 0. The van der Waals surface area contributed by atoms with Crippen LogP contribution in [0.4, 0.5) is 0 Å². The highest BCUT2D eigenvalue weighted by atomic mass is 16.5. The second-order valence-corrected chi connectivity index (χ2v) is 4.15. The Morgan fingerprint density at radius 2 is 2.29 bits per heavy atom. The minimum atomic E-state index is 0.214. The molecule has 0 amide bonds. The highest BCUT2D eigenvalue weighted by Gasteiger charge is 2.23. The second-order valence-electron chi connectivity index (χ2n) is 4.15. The Bertz CT molecular complexity index is 286. The van der Waals surface area contributed by atoms with Gasteiger partial charge < -0.3 is 10.5 Å². The number of benzene rings is 1. The molecule has 2 heteroatoms. The predicted octanol–water partition coefficient (Wildman–Crippen LogP) is 2.12. The molecule has 1 aliphatic carbocycles. The molecular weight excluding hydrogens is 174 g/mol. The maximum atomic E-state index is 5.75. The van der Waals surface area contributed by atoms with Gasteiger partial charge in [0.15, 0.2) is 0 Å². The molecule has 2 nitrogen and oxygen atoms in total. The van der Waals surface area contributed by atoms with Gasteiger partial charge in [0.05, 0.1) is 6.10 Å². The van der Waals surface area contributed by atoms with Crippen LogP contribution in [-0.2, 0) is 6.42 Å². The molecule has 0 aromatic heterocycles. The van der Waals surface area contributed by atoms with E-state index >= 15 is 0 Å². The van der Waals surface area contributed by atoms with Crippen LogP contribution in [0.15, 0.2) is 24.3 Å². The van der Waals surface area contributed by atoms with Crippen LogP contribution in [0, 0.1) is 0 Å². The van der Waals surface area contributed by atoms with Crippen molar-refractivity contribution in [1.82, 2.24) is 0 Å². The molecule has 76 valence electrons. The Balaban J connectivity index is 2.01. The van der Waals surface area contributed by atoms with Crippen LogP contribution in [-0.4, -0.2) is 12.1 Å². The number of hydrogen-bond acceptors (Lipinski definition) is 2. The molecule has 1 saturated carbocycles. The van der Waals surface area contributed by atoms with E-state index in [1.165, 1.54) is 18.4 Å². The molecule has 1 fully saturated rings. The smallest absolute Gasteiger partial charge is 0.119 e. The van der Waals surface area contributed by atoms with Gasteiger partial charge in [-0.2, -0.15) is 0 Å². The van der Waals surface area contributed by atoms with Crippen molar-refractivity contribution in [2.24, 2.45) is 5.73 Å². The molecular formula is C12H17NO. The van der Waals surface area contributed by atoms with Crippen molar-refractivity contribution < 1.29 is 4.74 Å². The van der Waals surface area contributed by atoms with Crippen molar-refractivity contribution in [1.29, 1.82) is 0 Å². The highest BCUT2D eigenvalue weighted by molar-refractivity contribution is 5.29. The Labute approximate surface area is 85.1 Å². The van der Waals surface area contributed by atoms with Gasteiger partial charge in [0.2, 0.25) is 0 Å². The Hall–Kier alpha value is -1.02. The molecule has 0 aliphatic heterocycles. The van der Waals surface area contributed by atoms with Gasteiger partial charge >= 0.3 is 0 Å². The SMILES string of the molecule is CC(N)Cc1cccc(OC2CC2)c1. The average molecular weight is 191 g/mol. The van der Waals surface area contributed by atoms with Crippen LogP contribution in [0.5, 0.6) is 5.75 Å². The predicted molar refractivity (Wildman–Crippen MR) is 57.4 cm³/mol. The normalized spacial score (nSPS) is 17.9. The van der Waals surface area contributed by atoms with Crippen LogP contribution in [0.1, 0.15) is 25.3 Å². The fourth-order valence-electron chi connectivity index (χ4n) is 1.50. The molecule has 0 spiro atoms. The molecule has 1 aromatic carbocycles. The van der Waals surface area contributed by atoms with E-state index in [0.717, 1.165) is 12.2 Å².